The minimum Gasteiger partial charge on any atom is -0.398 e. The molecule has 2 rings (SSSR count). The van der Waals surface area contributed by atoms with Crippen LogP contribution in [0.3, 0.4) is 0 Å². The van der Waals surface area contributed by atoms with Gasteiger partial charge < -0.3 is 11.1 Å². The van der Waals surface area contributed by atoms with Crippen LogP contribution < -0.4 is 11.1 Å². The molecule has 0 heterocycles. The van der Waals surface area contributed by atoms with Gasteiger partial charge in [-0.3, -0.25) is 4.79 Å². The van der Waals surface area contributed by atoms with E-state index >= 15 is 0 Å². The lowest BCUT2D eigenvalue weighted by Gasteiger charge is -2.17. The van der Waals surface area contributed by atoms with E-state index in [2.05, 4.69) is 21.2 Å². The Hall–Kier alpha value is -1.81. The second-order valence-electron chi connectivity index (χ2n) is 5.24. The third kappa shape index (κ3) is 3.45. The van der Waals surface area contributed by atoms with Gasteiger partial charge in [0.15, 0.2) is 0 Å². The van der Waals surface area contributed by atoms with E-state index in [4.69, 9.17) is 5.73 Å². The molecule has 0 saturated heterocycles. The first-order chi connectivity index (χ1) is 9.90. The van der Waals surface area contributed by atoms with Crippen LogP contribution in [0.4, 0.5) is 5.69 Å². The van der Waals surface area contributed by atoms with Gasteiger partial charge in [-0.2, -0.15) is 0 Å². The second-order valence-corrected chi connectivity index (χ2v) is 6.09. The Kier molecular flexibility index (Phi) is 4.68. The lowest BCUT2D eigenvalue weighted by atomic mass is 10.0. The maximum Gasteiger partial charge on any atom is 0.252 e. The summed E-state index contributed by atoms with van der Waals surface area (Å²) in [5.41, 5.74) is 10.1. The summed E-state index contributed by atoms with van der Waals surface area (Å²) in [6.07, 6.45) is 0. The average Bonchev–Trinajstić information content (AvgIpc) is 2.43. The molecule has 0 saturated carbocycles. The lowest BCUT2D eigenvalue weighted by molar-refractivity contribution is 0.0939. The molecule has 0 bridgehead atoms. The Morgan fingerprint density at radius 1 is 1.19 bits per heavy atom. The number of hydrogen-bond acceptors (Lipinski definition) is 2. The first-order valence-corrected chi connectivity index (χ1v) is 7.61. The molecule has 1 amide bonds. The third-order valence-electron chi connectivity index (χ3n) is 3.58. The van der Waals surface area contributed by atoms with E-state index in [1.54, 1.807) is 6.07 Å². The molecule has 1 atom stereocenters. The van der Waals surface area contributed by atoms with Gasteiger partial charge in [-0.25, -0.2) is 0 Å². The SMILES string of the molecule is Cc1cc(C)c(C(=O)NC(C)c2ccccc2Br)cc1N. The highest BCUT2D eigenvalue weighted by atomic mass is 79.9. The monoisotopic (exact) mass is 346 g/mol. The smallest absolute Gasteiger partial charge is 0.252 e. The minimum absolute atomic E-state index is 0.0880. The Bertz CT molecular complexity index is 682. The van der Waals surface area contributed by atoms with Crippen molar-refractivity contribution < 1.29 is 4.79 Å². The van der Waals surface area contributed by atoms with Gasteiger partial charge in [-0.1, -0.05) is 40.2 Å². The topological polar surface area (TPSA) is 55.1 Å². The number of anilines is 1. The van der Waals surface area contributed by atoms with E-state index in [1.807, 2.05) is 51.1 Å². The van der Waals surface area contributed by atoms with Crippen LogP contribution in [0.2, 0.25) is 0 Å². The molecule has 0 spiro atoms. The van der Waals surface area contributed by atoms with Gasteiger partial charge in [0, 0.05) is 15.7 Å². The molecule has 0 aliphatic carbocycles. The standard InChI is InChI=1S/C17H19BrN2O/c1-10-8-11(2)16(19)9-14(10)17(21)20-12(3)13-6-4-5-7-15(13)18/h4-9,12H,19H2,1-3H3,(H,20,21). The van der Waals surface area contributed by atoms with Gasteiger partial charge in [0.05, 0.1) is 6.04 Å². The van der Waals surface area contributed by atoms with Crippen molar-refractivity contribution in [2.45, 2.75) is 26.8 Å². The van der Waals surface area contributed by atoms with E-state index in [0.29, 0.717) is 11.3 Å². The van der Waals surface area contributed by atoms with Crippen LogP contribution in [0.15, 0.2) is 40.9 Å². The van der Waals surface area contributed by atoms with Crippen molar-refractivity contribution in [1.29, 1.82) is 0 Å². The summed E-state index contributed by atoms with van der Waals surface area (Å²) in [6, 6.07) is 11.5. The van der Waals surface area contributed by atoms with Crippen molar-refractivity contribution in [3.8, 4) is 0 Å². The molecule has 0 fully saturated rings. The zero-order valence-corrected chi connectivity index (χ0v) is 14.0. The third-order valence-corrected chi connectivity index (χ3v) is 4.30. The molecule has 4 heteroatoms. The van der Waals surface area contributed by atoms with E-state index in [1.165, 1.54) is 0 Å². The number of carbonyl (C=O) groups excluding carboxylic acids is 1. The van der Waals surface area contributed by atoms with E-state index < -0.39 is 0 Å². The first-order valence-electron chi connectivity index (χ1n) is 6.82. The summed E-state index contributed by atoms with van der Waals surface area (Å²) in [4.78, 5) is 12.4. The summed E-state index contributed by atoms with van der Waals surface area (Å²) in [6.45, 7) is 5.82. The van der Waals surface area contributed by atoms with Crippen LogP contribution in [0.1, 0.15) is 40.0 Å². The summed E-state index contributed by atoms with van der Waals surface area (Å²) < 4.78 is 0.984. The number of aryl methyl sites for hydroxylation is 2. The summed E-state index contributed by atoms with van der Waals surface area (Å²) in [7, 11) is 0. The van der Waals surface area contributed by atoms with Crippen molar-refractivity contribution in [3.05, 3.63) is 63.1 Å². The highest BCUT2D eigenvalue weighted by Crippen LogP contribution is 2.24. The van der Waals surface area contributed by atoms with Gasteiger partial charge >= 0.3 is 0 Å². The molecule has 21 heavy (non-hydrogen) atoms. The largest absolute Gasteiger partial charge is 0.398 e. The lowest BCUT2D eigenvalue weighted by Crippen LogP contribution is -2.27. The molecule has 1 unspecified atom stereocenters. The molecular formula is C17H19BrN2O. The maximum absolute atomic E-state index is 12.4. The van der Waals surface area contributed by atoms with Crippen molar-refractivity contribution in [3.63, 3.8) is 0 Å². The quantitative estimate of drug-likeness (QED) is 0.820. The Morgan fingerprint density at radius 3 is 2.52 bits per heavy atom. The number of carbonyl (C=O) groups is 1. The number of hydrogen-bond donors (Lipinski definition) is 2. The fraction of sp³-hybridized carbons (Fsp3) is 0.235. The highest BCUT2D eigenvalue weighted by Gasteiger charge is 2.15. The van der Waals surface area contributed by atoms with Crippen LogP contribution in [0.5, 0.6) is 0 Å². The average molecular weight is 347 g/mol. The number of nitrogens with one attached hydrogen (secondary N) is 1. The molecule has 0 aliphatic rings. The molecule has 3 N–H and O–H groups in total. The second kappa shape index (κ2) is 6.31. The number of benzene rings is 2. The van der Waals surface area contributed by atoms with Gasteiger partial charge in [-0.15, -0.1) is 0 Å². The fourth-order valence-electron chi connectivity index (χ4n) is 2.29. The number of nitrogens with two attached hydrogens (primary N) is 1. The van der Waals surface area contributed by atoms with Gasteiger partial charge in [0.1, 0.15) is 0 Å². The number of rotatable bonds is 3. The van der Waals surface area contributed by atoms with Crippen LogP contribution in [-0.4, -0.2) is 5.91 Å². The zero-order valence-electron chi connectivity index (χ0n) is 12.4. The van der Waals surface area contributed by atoms with Crippen molar-refractivity contribution in [1.82, 2.24) is 5.32 Å². The predicted octanol–water partition coefficient (Wildman–Crippen LogP) is 4.14. The predicted molar refractivity (Wildman–Crippen MR) is 90.4 cm³/mol. The van der Waals surface area contributed by atoms with Crippen molar-refractivity contribution >= 4 is 27.5 Å². The van der Waals surface area contributed by atoms with E-state index in [0.717, 1.165) is 21.2 Å². The van der Waals surface area contributed by atoms with Gasteiger partial charge in [0.2, 0.25) is 0 Å². The molecule has 2 aromatic carbocycles. The first kappa shape index (κ1) is 15.6. The van der Waals surface area contributed by atoms with Crippen molar-refractivity contribution in [2.75, 3.05) is 5.73 Å². The Labute approximate surface area is 133 Å². The van der Waals surface area contributed by atoms with Crippen LogP contribution >= 0.6 is 15.9 Å². The summed E-state index contributed by atoms with van der Waals surface area (Å²) in [5.74, 6) is -0.109. The molecular weight excluding hydrogens is 328 g/mol. The zero-order chi connectivity index (χ0) is 15.6. The number of amides is 1. The highest BCUT2D eigenvalue weighted by molar-refractivity contribution is 9.10. The molecule has 2 aromatic rings. The van der Waals surface area contributed by atoms with Gasteiger partial charge in [0.25, 0.3) is 5.91 Å². The van der Waals surface area contributed by atoms with E-state index in [9.17, 15) is 4.79 Å². The maximum atomic E-state index is 12.4. The number of nitrogen functional groups attached to an aromatic ring is 1. The van der Waals surface area contributed by atoms with Crippen LogP contribution in [0.25, 0.3) is 0 Å². The summed E-state index contributed by atoms with van der Waals surface area (Å²) in [5, 5.41) is 3.02. The summed E-state index contributed by atoms with van der Waals surface area (Å²) >= 11 is 3.51. The molecule has 3 nitrogen and oxygen atoms in total. The molecule has 0 aromatic heterocycles. The molecule has 0 aliphatic heterocycles. The fourth-order valence-corrected chi connectivity index (χ4v) is 2.92. The van der Waals surface area contributed by atoms with Crippen molar-refractivity contribution in [2.24, 2.45) is 0 Å². The normalized spacial score (nSPS) is 12.0. The van der Waals surface area contributed by atoms with Crippen LogP contribution in [0, 0.1) is 13.8 Å². The van der Waals surface area contributed by atoms with Gasteiger partial charge in [-0.05, 0) is 49.6 Å². The van der Waals surface area contributed by atoms with Crippen LogP contribution in [-0.2, 0) is 0 Å². The minimum atomic E-state index is -0.109. The molecule has 0 radical (unpaired) electrons. The molecule has 110 valence electrons. The Morgan fingerprint density at radius 2 is 1.86 bits per heavy atom. The van der Waals surface area contributed by atoms with E-state index in [-0.39, 0.29) is 11.9 Å². The number of halogens is 1. The Balaban J connectivity index is 2.22.